The zero-order valence-electron chi connectivity index (χ0n) is 27.3. The number of aryl methyl sites for hydroxylation is 1. The molecule has 0 atom stereocenters. The zero-order chi connectivity index (χ0) is 33.8. The van der Waals surface area contributed by atoms with Gasteiger partial charge in [-0.05, 0) is 47.9 Å². The molecule has 0 radical (unpaired) electrons. The monoisotopic (exact) mass is 652 g/mol. The molecule has 0 bridgehead atoms. The van der Waals surface area contributed by atoms with Gasteiger partial charge in [0.05, 0.1) is 39.6 Å². The number of benzene rings is 3. The van der Waals surface area contributed by atoms with Crippen molar-refractivity contribution in [1.29, 1.82) is 0 Å². The van der Waals surface area contributed by atoms with Gasteiger partial charge in [-0.25, -0.2) is 4.39 Å². The lowest BCUT2D eigenvalue weighted by molar-refractivity contribution is -0.131. The fraction of sp³-hybridized carbons (Fsp3) is 0.278. The summed E-state index contributed by atoms with van der Waals surface area (Å²) in [5.74, 6) is 0.972. The van der Waals surface area contributed by atoms with Gasteiger partial charge in [-0.3, -0.25) is 14.3 Å². The molecule has 11 nitrogen and oxygen atoms in total. The highest BCUT2D eigenvalue weighted by molar-refractivity contribution is 6.05. The number of aromatic nitrogens is 4. The van der Waals surface area contributed by atoms with Crippen molar-refractivity contribution in [3.8, 4) is 28.4 Å². The van der Waals surface area contributed by atoms with Crippen LogP contribution in [0.4, 0.5) is 4.39 Å². The van der Waals surface area contributed by atoms with E-state index in [1.54, 1.807) is 79.5 Å². The average Bonchev–Trinajstić information content (AvgIpc) is 3.82. The lowest BCUT2D eigenvalue weighted by Crippen LogP contribution is -2.36. The quantitative estimate of drug-likeness (QED) is 0.199. The van der Waals surface area contributed by atoms with E-state index in [0.29, 0.717) is 58.8 Å². The summed E-state index contributed by atoms with van der Waals surface area (Å²) in [5.41, 5.74) is 3.71. The van der Waals surface area contributed by atoms with Gasteiger partial charge in [-0.2, -0.15) is 0 Å². The third kappa shape index (κ3) is 6.46. The number of rotatable bonds is 11. The molecule has 0 saturated heterocycles. The summed E-state index contributed by atoms with van der Waals surface area (Å²) in [7, 11) is 6.41. The molecular formula is C36H37FN6O5. The molecule has 5 aromatic rings. The number of carbonyl (C=O) groups excluding carboxylic acids is 2. The van der Waals surface area contributed by atoms with Gasteiger partial charge in [0.15, 0.2) is 5.82 Å². The first-order valence-corrected chi connectivity index (χ1v) is 15.6. The van der Waals surface area contributed by atoms with Crippen LogP contribution in [-0.4, -0.2) is 83.1 Å². The van der Waals surface area contributed by atoms with Gasteiger partial charge < -0.3 is 29.0 Å². The van der Waals surface area contributed by atoms with Crippen molar-refractivity contribution in [2.45, 2.75) is 25.9 Å². The Hall–Kier alpha value is -5.65. The molecule has 6 rings (SSSR count). The number of nitrogens with zero attached hydrogens (tertiary/aromatic N) is 5. The molecule has 48 heavy (non-hydrogen) atoms. The third-order valence-electron chi connectivity index (χ3n) is 8.60. The van der Waals surface area contributed by atoms with Gasteiger partial charge in [-0.15, -0.1) is 5.10 Å². The first kappa shape index (κ1) is 32.3. The summed E-state index contributed by atoms with van der Waals surface area (Å²) >= 11 is 0. The number of hydrogen-bond donors (Lipinski definition) is 1. The van der Waals surface area contributed by atoms with Crippen LogP contribution in [0, 0.1) is 5.82 Å². The van der Waals surface area contributed by atoms with E-state index in [9.17, 15) is 9.59 Å². The first-order chi connectivity index (χ1) is 23.3. The van der Waals surface area contributed by atoms with Crippen molar-refractivity contribution in [2.24, 2.45) is 0 Å². The maximum atomic E-state index is 16.6. The molecule has 0 saturated carbocycles. The summed E-state index contributed by atoms with van der Waals surface area (Å²) in [6.45, 7) is 1.45. The molecule has 3 heterocycles. The molecule has 0 fully saturated rings. The van der Waals surface area contributed by atoms with E-state index >= 15 is 4.39 Å². The van der Waals surface area contributed by atoms with E-state index in [1.165, 1.54) is 0 Å². The van der Waals surface area contributed by atoms with Gasteiger partial charge in [0.25, 0.3) is 5.91 Å². The summed E-state index contributed by atoms with van der Waals surface area (Å²) in [5, 5.41) is 8.26. The fourth-order valence-corrected chi connectivity index (χ4v) is 6.09. The number of methoxy groups -OCH3 is 3. The number of carbonyl (C=O) groups is 2. The SMILES string of the molecule is COc1ccc(CN(C)C(=O)c2cc3c(-c4ccccc4OC)cc(C4=CCCN(C(=O)CCn5ccnn5)C4)c(F)c3[nH]2)c(OC)c1. The Morgan fingerprint density at radius 3 is 2.54 bits per heavy atom. The van der Waals surface area contributed by atoms with Gasteiger partial charge in [-0.1, -0.05) is 29.5 Å². The Balaban J connectivity index is 1.35. The minimum Gasteiger partial charge on any atom is -0.497 e. The number of nitrogens with one attached hydrogen (secondary N) is 1. The van der Waals surface area contributed by atoms with Crippen molar-refractivity contribution in [3.63, 3.8) is 0 Å². The second kappa shape index (κ2) is 14.0. The molecule has 1 aliphatic heterocycles. The Bertz CT molecular complexity index is 1990. The van der Waals surface area contributed by atoms with Gasteiger partial charge in [0.1, 0.15) is 22.9 Å². The molecule has 3 aromatic carbocycles. The number of fused-ring (bicyclic) bond motifs is 1. The summed E-state index contributed by atoms with van der Waals surface area (Å²) in [6, 6.07) is 16.4. The number of aromatic amines is 1. The Morgan fingerprint density at radius 2 is 1.79 bits per heavy atom. The number of hydrogen-bond acceptors (Lipinski definition) is 7. The second-order valence-electron chi connectivity index (χ2n) is 11.5. The Kier molecular flexibility index (Phi) is 9.42. The van der Waals surface area contributed by atoms with E-state index < -0.39 is 5.82 Å². The van der Waals surface area contributed by atoms with Crippen LogP contribution < -0.4 is 14.2 Å². The topological polar surface area (TPSA) is 115 Å². The van der Waals surface area contributed by atoms with Crippen molar-refractivity contribution in [2.75, 3.05) is 41.5 Å². The zero-order valence-corrected chi connectivity index (χ0v) is 27.3. The molecular weight excluding hydrogens is 615 g/mol. The maximum absolute atomic E-state index is 16.6. The van der Waals surface area contributed by atoms with Crippen molar-refractivity contribution in [1.82, 2.24) is 29.8 Å². The largest absolute Gasteiger partial charge is 0.497 e. The number of amides is 2. The van der Waals surface area contributed by atoms with E-state index in [0.717, 1.165) is 11.1 Å². The van der Waals surface area contributed by atoms with E-state index in [-0.39, 0.29) is 42.5 Å². The molecule has 0 unspecified atom stereocenters. The molecule has 1 aliphatic rings. The van der Waals surface area contributed by atoms with Crippen molar-refractivity contribution >= 4 is 28.3 Å². The van der Waals surface area contributed by atoms with Crippen LogP contribution >= 0.6 is 0 Å². The highest BCUT2D eigenvalue weighted by atomic mass is 19.1. The van der Waals surface area contributed by atoms with E-state index in [2.05, 4.69) is 15.3 Å². The molecule has 2 amide bonds. The van der Waals surface area contributed by atoms with Crippen molar-refractivity contribution < 1.29 is 28.2 Å². The Labute approximate surface area is 277 Å². The van der Waals surface area contributed by atoms with Crippen LogP contribution in [0.15, 0.2) is 73.1 Å². The average molecular weight is 653 g/mol. The highest BCUT2D eigenvalue weighted by Gasteiger charge is 2.26. The van der Waals surface area contributed by atoms with Gasteiger partial charge in [0, 0.05) is 67.4 Å². The number of H-pyrrole nitrogens is 1. The highest BCUT2D eigenvalue weighted by Crippen LogP contribution is 2.40. The first-order valence-electron chi connectivity index (χ1n) is 15.6. The molecule has 0 spiro atoms. The molecule has 2 aromatic heterocycles. The van der Waals surface area contributed by atoms with Crippen LogP contribution in [0.3, 0.4) is 0 Å². The van der Waals surface area contributed by atoms with E-state index in [1.807, 2.05) is 36.4 Å². The summed E-state index contributed by atoms with van der Waals surface area (Å²) in [6.07, 6.45) is 6.09. The summed E-state index contributed by atoms with van der Waals surface area (Å²) in [4.78, 5) is 33.3. The summed E-state index contributed by atoms with van der Waals surface area (Å²) < 4.78 is 34.7. The molecule has 1 N–H and O–H groups in total. The van der Waals surface area contributed by atoms with Gasteiger partial charge in [0.2, 0.25) is 5.91 Å². The minimum atomic E-state index is -0.495. The third-order valence-corrected chi connectivity index (χ3v) is 8.60. The van der Waals surface area contributed by atoms with Crippen LogP contribution in [-0.2, 0) is 17.9 Å². The predicted molar refractivity (Wildman–Crippen MR) is 179 cm³/mol. The Morgan fingerprint density at radius 1 is 0.979 bits per heavy atom. The normalized spacial score (nSPS) is 12.9. The molecule has 0 aliphatic carbocycles. The van der Waals surface area contributed by atoms with Crippen LogP contribution in [0.25, 0.3) is 27.6 Å². The maximum Gasteiger partial charge on any atom is 0.270 e. The predicted octanol–water partition coefficient (Wildman–Crippen LogP) is 5.57. The second-order valence-corrected chi connectivity index (χ2v) is 11.5. The number of halogens is 1. The van der Waals surface area contributed by atoms with Crippen LogP contribution in [0.1, 0.15) is 34.5 Å². The smallest absolute Gasteiger partial charge is 0.270 e. The van der Waals surface area contributed by atoms with Gasteiger partial charge >= 0.3 is 0 Å². The fourth-order valence-electron chi connectivity index (χ4n) is 6.09. The van der Waals surface area contributed by atoms with E-state index in [4.69, 9.17) is 14.2 Å². The molecule has 12 heteroatoms. The number of ether oxygens (including phenoxy) is 3. The van der Waals surface area contributed by atoms with Crippen LogP contribution in [0.2, 0.25) is 0 Å². The standard InChI is InChI=1S/C36H37FN6O5/c1-41(21-24-11-12-25(46-2)18-32(24)48-4)36(45)30-20-29-28(26-9-5-6-10-31(26)47-3)19-27(34(37)35(29)39-30)23-8-7-15-42(22-23)33(44)13-16-43-17-14-38-40-43/h5-6,8-12,14,17-20,39H,7,13,15-16,21-22H2,1-4H3. The number of para-hydroxylation sites is 1. The lowest BCUT2D eigenvalue weighted by atomic mass is 9.93. The minimum absolute atomic E-state index is 0.0492. The molecule has 248 valence electrons. The van der Waals surface area contributed by atoms with Crippen LogP contribution in [0.5, 0.6) is 17.2 Å². The lowest BCUT2D eigenvalue weighted by Gasteiger charge is -2.28. The van der Waals surface area contributed by atoms with Crippen molar-refractivity contribution in [3.05, 3.63) is 95.7 Å².